The molecule has 2 aromatic carbocycles. The molecular formula is C18H19NO4. The third-order valence-corrected chi connectivity index (χ3v) is 3.18. The molecule has 0 aliphatic carbocycles. The fraction of sp³-hybridized carbons (Fsp3) is 0.222. The van der Waals surface area contributed by atoms with Crippen LogP contribution in [0.15, 0.2) is 48.5 Å². The first kappa shape index (κ1) is 16.5. The van der Waals surface area contributed by atoms with Gasteiger partial charge in [0.1, 0.15) is 11.5 Å². The van der Waals surface area contributed by atoms with E-state index in [2.05, 4.69) is 5.32 Å². The van der Waals surface area contributed by atoms with Gasteiger partial charge in [0.05, 0.1) is 7.11 Å². The average Bonchev–Trinajstić information content (AvgIpc) is 2.55. The fourth-order valence-electron chi connectivity index (χ4n) is 2.03. The largest absolute Gasteiger partial charge is 0.497 e. The summed E-state index contributed by atoms with van der Waals surface area (Å²) in [6.45, 7) is 1.44. The van der Waals surface area contributed by atoms with Crippen LogP contribution in [0.4, 0.5) is 5.69 Å². The first-order valence-corrected chi connectivity index (χ1v) is 7.28. The molecule has 0 saturated heterocycles. The summed E-state index contributed by atoms with van der Waals surface area (Å²) in [5.41, 5.74) is 1.71. The number of esters is 1. The number of amides is 1. The van der Waals surface area contributed by atoms with Crippen LogP contribution in [-0.4, -0.2) is 19.0 Å². The molecule has 0 spiro atoms. The van der Waals surface area contributed by atoms with Gasteiger partial charge in [-0.1, -0.05) is 12.1 Å². The van der Waals surface area contributed by atoms with Gasteiger partial charge in [0, 0.05) is 19.0 Å². The van der Waals surface area contributed by atoms with Crippen molar-refractivity contribution >= 4 is 17.6 Å². The number of nitrogens with one attached hydrogen (secondary N) is 1. The number of carbonyl (C=O) groups is 2. The number of methoxy groups -OCH3 is 1. The first-order valence-electron chi connectivity index (χ1n) is 7.28. The Kier molecular flexibility index (Phi) is 5.74. The van der Waals surface area contributed by atoms with Crippen LogP contribution in [-0.2, 0) is 16.0 Å². The number of anilines is 1. The molecule has 0 radical (unpaired) electrons. The quantitative estimate of drug-likeness (QED) is 0.657. The Bertz CT molecular complexity index is 662. The Labute approximate surface area is 135 Å². The Morgan fingerprint density at radius 3 is 2.13 bits per heavy atom. The predicted molar refractivity (Wildman–Crippen MR) is 87.7 cm³/mol. The summed E-state index contributed by atoms with van der Waals surface area (Å²) in [6, 6.07) is 14.2. The topological polar surface area (TPSA) is 64.6 Å². The van der Waals surface area contributed by atoms with Gasteiger partial charge >= 0.3 is 5.97 Å². The SMILES string of the molecule is COc1ccc(CCC(=O)Oc2ccc(NC(C)=O)cc2)cc1. The molecule has 0 heterocycles. The lowest BCUT2D eigenvalue weighted by atomic mass is 10.1. The third kappa shape index (κ3) is 5.47. The lowest BCUT2D eigenvalue weighted by molar-refractivity contribution is -0.134. The molecule has 1 N–H and O–H groups in total. The highest BCUT2D eigenvalue weighted by molar-refractivity contribution is 5.88. The van der Waals surface area contributed by atoms with E-state index in [-0.39, 0.29) is 11.9 Å². The monoisotopic (exact) mass is 313 g/mol. The van der Waals surface area contributed by atoms with E-state index in [1.807, 2.05) is 24.3 Å². The van der Waals surface area contributed by atoms with Gasteiger partial charge in [0.25, 0.3) is 0 Å². The summed E-state index contributed by atoms with van der Waals surface area (Å²) < 4.78 is 10.4. The molecule has 0 unspecified atom stereocenters. The van der Waals surface area contributed by atoms with Gasteiger partial charge in [0.2, 0.25) is 5.91 Å². The number of rotatable bonds is 6. The van der Waals surface area contributed by atoms with Crippen molar-refractivity contribution in [3.05, 3.63) is 54.1 Å². The Morgan fingerprint density at radius 1 is 0.957 bits per heavy atom. The second-order valence-corrected chi connectivity index (χ2v) is 5.03. The highest BCUT2D eigenvalue weighted by Crippen LogP contribution is 2.17. The van der Waals surface area contributed by atoms with Crippen molar-refractivity contribution in [3.8, 4) is 11.5 Å². The highest BCUT2D eigenvalue weighted by Gasteiger charge is 2.06. The summed E-state index contributed by atoms with van der Waals surface area (Å²) in [5.74, 6) is 0.803. The normalized spacial score (nSPS) is 10.0. The highest BCUT2D eigenvalue weighted by atomic mass is 16.5. The van der Waals surface area contributed by atoms with Crippen molar-refractivity contribution < 1.29 is 19.1 Å². The van der Waals surface area contributed by atoms with Crippen molar-refractivity contribution in [2.24, 2.45) is 0 Å². The third-order valence-electron chi connectivity index (χ3n) is 3.18. The van der Waals surface area contributed by atoms with E-state index < -0.39 is 0 Å². The maximum Gasteiger partial charge on any atom is 0.311 e. The van der Waals surface area contributed by atoms with Gasteiger partial charge in [-0.3, -0.25) is 9.59 Å². The molecule has 0 aromatic heterocycles. The zero-order valence-corrected chi connectivity index (χ0v) is 13.2. The standard InChI is InChI=1S/C18H19NO4/c1-13(20)19-15-6-10-17(11-7-15)23-18(21)12-5-14-3-8-16(22-2)9-4-14/h3-4,6-11H,5,12H2,1-2H3,(H,19,20). The van der Waals surface area contributed by atoms with Crippen molar-refractivity contribution in [1.29, 1.82) is 0 Å². The minimum absolute atomic E-state index is 0.144. The molecular weight excluding hydrogens is 294 g/mol. The van der Waals surface area contributed by atoms with Gasteiger partial charge in [-0.25, -0.2) is 0 Å². The van der Waals surface area contributed by atoms with Crippen LogP contribution in [0.1, 0.15) is 18.9 Å². The number of benzene rings is 2. The minimum Gasteiger partial charge on any atom is -0.497 e. The maximum atomic E-state index is 11.9. The first-order chi connectivity index (χ1) is 11.1. The second-order valence-electron chi connectivity index (χ2n) is 5.03. The Hall–Kier alpha value is -2.82. The van der Waals surface area contributed by atoms with Crippen LogP contribution < -0.4 is 14.8 Å². The van der Waals surface area contributed by atoms with Gasteiger partial charge in [-0.2, -0.15) is 0 Å². The van der Waals surface area contributed by atoms with Gasteiger partial charge in [-0.05, 0) is 48.4 Å². The van der Waals surface area contributed by atoms with Crippen molar-refractivity contribution in [3.63, 3.8) is 0 Å². The van der Waals surface area contributed by atoms with Crippen molar-refractivity contribution in [2.45, 2.75) is 19.8 Å². The summed E-state index contributed by atoms with van der Waals surface area (Å²) in [7, 11) is 1.61. The van der Waals surface area contributed by atoms with Crippen molar-refractivity contribution in [1.82, 2.24) is 0 Å². The number of aryl methyl sites for hydroxylation is 1. The van der Waals surface area contributed by atoms with Gasteiger partial charge in [0.15, 0.2) is 0 Å². The average molecular weight is 313 g/mol. The molecule has 1 amide bonds. The Morgan fingerprint density at radius 2 is 1.57 bits per heavy atom. The predicted octanol–water partition coefficient (Wildman–Crippen LogP) is 3.19. The minimum atomic E-state index is -0.298. The number of hydrogen-bond acceptors (Lipinski definition) is 4. The molecule has 23 heavy (non-hydrogen) atoms. The molecule has 5 nitrogen and oxygen atoms in total. The second kappa shape index (κ2) is 7.98. The smallest absolute Gasteiger partial charge is 0.311 e. The molecule has 0 atom stereocenters. The van der Waals surface area contributed by atoms with Crippen LogP contribution in [0.25, 0.3) is 0 Å². The molecule has 0 aliphatic heterocycles. The van der Waals surface area contributed by atoms with Crippen LogP contribution in [0, 0.1) is 0 Å². The molecule has 0 fully saturated rings. The lowest BCUT2D eigenvalue weighted by Gasteiger charge is -2.07. The van der Waals surface area contributed by atoms with E-state index in [1.165, 1.54) is 6.92 Å². The maximum absolute atomic E-state index is 11.9. The molecule has 0 bridgehead atoms. The number of hydrogen-bond donors (Lipinski definition) is 1. The molecule has 5 heteroatoms. The molecule has 0 saturated carbocycles. The number of carbonyl (C=O) groups excluding carboxylic acids is 2. The van der Waals surface area contributed by atoms with Crippen LogP contribution in [0.3, 0.4) is 0 Å². The van der Waals surface area contributed by atoms with Gasteiger partial charge in [-0.15, -0.1) is 0 Å². The van der Waals surface area contributed by atoms with E-state index in [1.54, 1.807) is 31.4 Å². The molecule has 2 aromatic rings. The summed E-state index contributed by atoms with van der Waals surface area (Å²) >= 11 is 0. The summed E-state index contributed by atoms with van der Waals surface area (Å²) in [4.78, 5) is 22.8. The van der Waals surface area contributed by atoms with Crippen LogP contribution >= 0.6 is 0 Å². The lowest BCUT2D eigenvalue weighted by Crippen LogP contribution is -2.09. The fourth-order valence-corrected chi connectivity index (χ4v) is 2.03. The summed E-state index contributed by atoms with van der Waals surface area (Å²) in [5, 5.41) is 2.65. The molecule has 2 rings (SSSR count). The zero-order valence-electron chi connectivity index (χ0n) is 13.2. The van der Waals surface area contributed by atoms with Crippen molar-refractivity contribution in [2.75, 3.05) is 12.4 Å². The molecule has 120 valence electrons. The van der Waals surface area contributed by atoms with E-state index in [0.29, 0.717) is 24.3 Å². The van der Waals surface area contributed by atoms with Crippen LogP contribution in [0.5, 0.6) is 11.5 Å². The molecule has 0 aliphatic rings. The van der Waals surface area contributed by atoms with E-state index in [9.17, 15) is 9.59 Å². The van der Waals surface area contributed by atoms with Gasteiger partial charge < -0.3 is 14.8 Å². The van der Waals surface area contributed by atoms with E-state index >= 15 is 0 Å². The number of ether oxygens (including phenoxy) is 2. The van der Waals surface area contributed by atoms with E-state index in [4.69, 9.17) is 9.47 Å². The zero-order chi connectivity index (χ0) is 16.7. The Balaban J connectivity index is 1.82. The van der Waals surface area contributed by atoms with Crippen LogP contribution in [0.2, 0.25) is 0 Å². The summed E-state index contributed by atoms with van der Waals surface area (Å²) in [6.07, 6.45) is 0.895. The van der Waals surface area contributed by atoms with E-state index in [0.717, 1.165) is 11.3 Å².